The van der Waals surface area contributed by atoms with Gasteiger partial charge in [0.25, 0.3) is 0 Å². The number of halogens is 1. The minimum Gasteiger partial charge on any atom is -0.389 e. The molecule has 0 bridgehead atoms. The molecule has 0 atom stereocenters. The van der Waals surface area contributed by atoms with E-state index < -0.39 is 0 Å². The first-order chi connectivity index (χ1) is 9.56. The lowest BCUT2D eigenvalue weighted by Gasteiger charge is -2.05. The van der Waals surface area contributed by atoms with Crippen molar-refractivity contribution in [2.24, 2.45) is 5.73 Å². The Balaban J connectivity index is 1.88. The number of thiophene rings is 1. The molecule has 0 aliphatic carbocycles. The van der Waals surface area contributed by atoms with Gasteiger partial charge in [-0.05, 0) is 32.9 Å². The van der Waals surface area contributed by atoms with Crippen LogP contribution in [0.4, 0.5) is 0 Å². The van der Waals surface area contributed by atoms with E-state index in [1.165, 1.54) is 0 Å². The number of carbonyl (C=O) groups is 1. The van der Waals surface area contributed by atoms with Crippen molar-refractivity contribution in [3.8, 4) is 0 Å². The third-order valence-electron chi connectivity index (χ3n) is 2.74. The summed E-state index contributed by atoms with van der Waals surface area (Å²) in [6.07, 6.45) is 0.348. The van der Waals surface area contributed by atoms with Crippen molar-refractivity contribution >= 4 is 50.4 Å². The summed E-state index contributed by atoms with van der Waals surface area (Å²) in [5.74, 6) is -0.00613. The van der Waals surface area contributed by atoms with Gasteiger partial charge in [-0.1, -0.05) is 36.5 Å². The average Bonchev–Trinajstić information content (AvgIpc) is 2.82. The lowest BCUT2D eigenvalue weighted by molar-refractivity contribution is -0.120. The van der Waals surface area contributed by atoms with Gasteiger partial charge >= 0.3 is 0 Å². The monoisotopic (exact) mass is 368 g/mol. The number of rotatable bonds is 5. The second kappa shape index (κ2) is 6.97. The second-order valence-electron chi connectivity index (χ2n) is 4.21. The van der Waals surface area contributed by atoms with Crippen molar-refractivity contribution in [2.45, 2.75) is 13.0 Å². The van der Waals surface area contributed by atoms with Gasteiger partial charge in [0, 0.05) is 14.9 Å². The molecule has 0 saturated carbocycles. The molecule has 6 heteroatoms. The van der Waals surface area contributed by atoms with E-state index in [0.717, 1.165) is 20.5 Å². The van der Waals surface area contributed by atoms with Crippen LogP contribution in [0.15, 0.2) is 40.2 Å². The van der Waals surface area contributed by atoms with Crippen molar-refractivity contribution < 1.29 is 4.79 Å². The van der Waals surface area contributed by atoms with Crippen molar-refractivity contribution in [1.29, 1.82) is 0 Å². The van der Waals surface area contributed by atoms with Gasteiger partial charge in [-0.15, -0.1) is 11.3 Å². The van der Waals surface area contributed by atoms with Gasteiger partial charge in [-0.2, -0.15) is 0 Å². The zero-order valence-corrected chi connectivity index (χ0v) is 13.8. The Morgan fingerprint density at radius 3 is 2.55 bits per heavy atom. The van der Waals surface area contributed by atoms with Gasteiger partial charge in [0.1, 0.15) is 4.99 Å². The highest BCUT2D eigenvalue weighted by molar-refractivity contribution is 9.10. The fraction of sp³-hybridized carbons (Fsp3) is 0.143. The van der Waals surface area contributed by atoms with E-state index in [1.54, 1.807) is 11.3 Å². The van der Waals surface area contributed by atoms with Crippen LogP contribution in [-0.2, 0) is 17.8 Å². The van der Waals surface area contributed by atoms with Crippen LogP contribution in [0.2, 0.25) is 0 Å². The Kier molecular flexibility index (Phi) is 5.28. The zero-order chi connectivity index (χ0) is 14.5. The molecule has 0 unspecified atom stereocenters. The van der Waals surface area contributed by atoms with Gasteiger partial charge in [-0.25, -0.2) is 0 Å². The third kappa shape index (κ3) is 4.13. The molecular weight excluding hydrogens is 356 g/mol. The molecule has 0 spiro atoms. The summed E-state index contributed by atoms with van der Waals surface area (Å²) in [4.78, 5) is 13.3. The molecule has 0 aliphatic heterocycles. The molecule has 1 aromatic heterocycles. The average molecular weight is 369 g/mol. The maximum atomic E-state index is 11.9. The molecule has 104 valence electrons. The highest BCUT2D eigenvalue weighted by Crippen LogP contribution is 2.22. The van der Waals surface area contributed by atoms with Crippen molar-refractivity contribution in [3.05, 3.63) is 56.2 Å². The SMILES string of the molecule is NC(=S)c1ccc(CC(=O)NCc2sccc2Br)cc1. The quantitative estimate of drug-likeness (QED) is 0.797. The molecule has 0 radical (unpaired) electrons. The number of amides is 1. The van der Waals surface area contributed by atoms with E-state index >= 15 is 0 Å². The lowest BCUT2D eigenvalue weighted by atomic mass is 10.1. The van der Waals surface area contributed by atoms with E-state index in [9.17, 15) is 4.79 Å². The van der Waals surface area contributed by atoms with Crippen LogP contribution in [0.25, 0.3) is 0 Å². The normalized spacial score (nSPS) is 10.2. The van der Waals surface area contributed by atoms with Gasteiger partial charge in [-0.3, -0.25) is 4.79 Å². The summed E-state index contributed by atoms with van der Waals surface area (Å²) in [6, 6.07) is 9.38. The van der Waals surface area contributed by atoms with E-state index in [0.29, 0.717) is 18.0 Å². The lowest BCUT2D eigenvalue weighted by Crippen LogP contribution is -2.24. The number of hydrogen-bond donors (Lipinski definition) is 2. The number of hydrogen-bond acceptors (Lipinski definition) is 3. The molecule has 2 rings (SSSR count). The molecule has 3 N–H and O–H groups in total. The summed E-state index contributed by atoms with van der Waals surface area (Å²) in [6.45, 7) is 0.544. The summed E-state index contributed by atoms with van der Waals surface area (Å²) >= 11 is 9.94. The largest absolute Gasteiger partial charge is 0.389 e. The summed E-state index contributed by atoms with van der Waals surface area (Å²) in [7, 11) is 0. The standard InChI is InChI=1S/C14H13BrN2OS2/c15-11-5-6-20-12(11)8-17-13(18)7-9-1-3-10(4-2-9)14(16)19/h1-6H,7-8H2,(H2,16,19)(H,17,18). The van der Waals surface area contributed by atoms with Crippen LogP contribution in [0.1, 0.15) is 16.0 Å². The van der Waals surface area contributed by atoms with Crippen LogP contribution in [0.5, 0.6) is 0 Å². The van der Waals surface area contributed by atoms with E-state index in [1.807, 2.05) is 35.7 Å². The van der Waals surface area contributed by atoms with Crippen LogP contribution in [-0.4, -0.2) is 10.9 Å². The first-order valence-corrected chi connectivity index (χ1v) is 8.01. The topological polar surface area (TPSA) is 55.1 Å². The minimum atomic E-state index is -0.00613. The van der Waals surface area contributed by atoms with Gasteiger partial charge < -0.3 is 11.1 Å². The molecule has 2 aromatic rings. The predicted octanol–water partition coefficient (Wildman–Crippen LogP) is 3.00. The highest BCUT2D eigenvalue weighted by atomic mass is 79.9. The first kappa shape index (κ1) is 15.2. The number of benzene rings is 1. The second-order valence-corrected chi connectivity index (χ2v) is 6.50. The molecule has 1 amide bonds. The number of nitrogens with two attached hydrogens (primary N) is 1. The maximum Gasteiger partial charge on any atom is 0.224 e. The van der Waals surface area contributed by atoms with Gasteiger partial charge in [0.15, 0.2) is 0 Å². The van der Waals surface area contributed by atoms with E-state index in [2.05, 4.69) is 21.2 Å². The Hall–Kier alpha value is -1.24. The molecule has 3 nitrogen and oxygen atoms in total. The summed E-state index contributed by atoms with van der Waals surface area (Å²) < 4.78 is 1.03. The fourth-order valence-corrected chi connectivity index (χ4v) is 3.23. The highest BCUT2D eigenvalue weighted by Gasteiger charge is 2.06. The molecule has 0 saturated heterocycles. The summed E-state index contributed by atoms with van der Waals surface area (Å²) in [5, 5.41) is 4.89. The molecule has 20 heavy (non-hydrogen) atoms. The van der Waals surface area contributed by atoms with Crippen molar-refractivity contribution in [3.63, 3.8) is 0 Å². The van der Waals surface area contributed by atoms with Gasteiger partial charge in [0.05, 0.1) is 13.0 Å². The Morgan fingerprint density at radius 1 is 1.30 bits per heavy atom. The molecule has 0 aliphatic rings. The number of nitrogens with one attached hydrogen (secondary N) is 1. The minimum absolute atomic E-state index is 0.00613. The van der Waals surface area contributed by atoms with Crippen LogP contribution in [0, 0.1) is 0 Å². The third-order valence-corrected chi connectivity index (χ3v) is 4.90. The van der Waals surface area contributed by atoms with Crippen molar-refractivity contribution in [1.82, 2.24) is 5.32 Å². The smallest absolute Gasteiger partial charge is 0.224 e. The molecule has 0 fully saturated rings. The zero-order valence-electron chi connectivity index (χ0n) is 10.6. The van der Waals surface area contributed by atoms with Crippen LogP contribution >= 0.6 is 39.5 Å². The number of thiocarbonyl (C=S) groups is 1. The first-order valence-electron chi connectivity index (χ1n) is 5.93. The molecular formula is C14H13BrN2OS2. The Labute approximate surface area is 135 Å². The van der Waals surface area contributed by atoms with Crippen molar-refractivity contribution in [2.75, 3.05) is 0 Å². The molecule has 1 aromatic carbocycles. The number of carbonyl (C=O) groups excluding carboxylic acids is 1. The van der Waals surface area contributed by atoms with E-state index in [4.69, 9.17) is 18.0 Å². The van der Waals surface area contributed by atoms with E-state index in [-0.39, 0.29) is 5.91 Å². The van der Waals surface area contributed by atoms with Gasteiger partial charge in [0.2, 0.25) is 5.91 Å². The summed E-state index contributed by atoms with van der Waals surface area (Å²) in [5.41, 5.74) is 7.28. The Morgan fingerprint density at radius 2 is 2.00 bits per heavy atom. The fourth-order valence-electron chi connectivity index (χ4n) is 1.66. The van der Waals surface area contributed by atoms with Crippen LogP contribution in [0.3, 0.4) is 0 Å². The Bertz CT molecular complexity index is 622. The predicted molar refractivity (Wildman–Crippen MR) is 89.9 cm³/mol. The van der Waals surface area contributed by atoms with Crippen LogP contribution < -0.4 is 11.1 Å². The molecule has 1 heterocycles. The maximum absolute atomic E-state index is 11.9.